The number of benzene rings is 1. The Kier molecular flexibility index (Phi) is 6.16. The Morgan fingerprint density at radius 3 is 2.50 bits per heavy atom. The molecule has 0 aliphatic carbocycles. The predicted molar refractivity (Wildman–Crippen MR) is 84.2 cm³/mol. The Morgan fingerprint density at radius 2 is 1.94 bits per heavy atom. The van der Waals surface area contributed by atoms with Crippen LogP contribution in [0.3, 0.4) is 0 Å². The quantitative estimate of drug-likeness (QED) is 0.865. The van der Waals surface area contributed by atoms with Crippen molar-refractivity contribution >= 4 is 21.6 Å². The number of rotatable bonds is 6. The molecule has 0 aliphatic heterocycles. The maximum absolute atomic E-state index is 5.70. The molecule has 1 aromatic carbocycles. The van der Waals surface area contributed by atoms with Crippen LogP contribution in [0.4, 0.5) is 5.69 Å². The Labute approximate surface area is 120 Å². The number of nitrogens with zero attached hydrogens (tertiary/aromatic N) is 1. The first-order chi connectivity index (χ1) is 8.45. The molecular formula is C15H25BrN2. The minimum Gasteiger partial charge on any atom is -0.372 e. The summed E-state index contributed by atoms with van der Waals surface area (Å²) in [5.74, 6) is 0.718. The first-order valence-electron chi connectivity index (χ1n) is 6.67. The van der Waals surface area contributed by atoms with Gasteiger partial charge in [-0.05, 0) is 56.0 Å². The third-order valence-corrected chi connectivity index (χ3v) is 3.80. The number of halogens is 1. The normalized spacial score (nSPS) is 12.8. The van der Waals surface area contributed by atoms with Crippen LogP contribution in [-0.2, 0) is 6.42 Å². The van der Waals surface area contributed by atoms with Crippen molar-refractivity contribution in [1.29, 1.82) is 0 Å². The molecule has 1 atom stereocenters. The van der Waals surface area contributed by atoms with Crippen LogP contribution in [0.15, 0.2) is 22.7 Å². The van der Waals surface area contributed by atoms with Crippen molar-refractivity contribution in [2.75, 3.05) is 18.5 Å². The van der Waals surface area contributed by atoms with Crippen LogP contribution in [-0.4, -0.2) is 19.6 Å². The summed E-state index contributed by atoms with van der Waals surface area (Å²) in [6.45, 7) is 7.52. The lowest BCUT2D eigenvalue weighted by Crippen LogP contribution is -2.31. The molecule has 0 saturated carbocycles. The molecule has 0 aromatic heterocycles. The van der Waals surface area contributed by atoms with Gasteiger partial charge in [0.2, 0.25) is 0 Å². The lowest BCUT2D eigenvalue weighted by molar-refractivity contribution is 0.503. The average molecular weight is 313 g/mol. The van der Waals surface area contributed by atoms with E-state index >= 15 is 0 Å². The van der Waals surface area contributed by atoms with Gasteiger partial charge in [-0.2, -0.15) is 0 Å². The van der Waals surface area contributed by atoms with Crippen LogP contribution in [0.5, 0.6) is 0 Å². The second-order valence-corrected chi connectivity index (χ2v) is 6.32. The molecule has 0 fully saturated rings. The fraction of sp³-hybridized carbons (Fsp3) is 0.600. The van der Waals surface area contributed by atoms with Crippen LogP contribution in [0.1, 0.15) is 32.8 Å². The van der Waals surface area contributed by atoms with Gasteiger partial charge < -0.3 is 10.6 Å². The number of anilines is 1. The molecule has 3 heteroatoms. The van der Waals surface area contributed by atoms with Gasteiger partial charge in [0, 0.05) is 23.2 Å². The Morgan fingerprint density at radius 1 is 1.28 bits per heavy atom. The van der Waals surface area contributed by atoms with Crippen molar-refractivity contribution < 1.29 is 0 Å². The molecule has 0 spiro atoms. The monoisotopic (exact) mass is 312 g/mol. The van der Waals surface area contributed by atoms with Crippen LogP contribution < -0.4 is 10.6 Å². The first kappa shape index (κ1) is 15.5. The van der Waals surface area contributed by atoms with Crippen molar-refractivity contribution in [3.05, 3.63) is 28.2 Å². The van der Waals surface area contributed by atoms with Gasteiger partial charge >= 0.3 is 0 Å². The highest BCUT2D eigenvalue weighted by Crippen LogP contribution is 2.27. The lowest BCUT2D eigenvalue weighted by Gasteiger charge is -2.30. The van der Waals surface area contributed by atoms with E-state index in [1.54, 1.807) is 0 Å². The molecule has 0 amide bonds. The summed E-state index contributed by atoms with van der Waals surface area (Å²) >= 11 is 3.53. The molecular weight excluding hydrogens is 288 g/mol. The lowest BCUT2D eigenvalue weighted by atomic mass is 10.0. The van der Waals surface area contributed by atoms with Gasteiger partial charge in [0.15, 0.2) is 0 Å². The number of nitrogens with two attached hydrogens (primary N) is 1. The Bertz CT molecular complexity index is 377. The van der Waals surface area contributed by atoms with E-state index in [0.717, 1.165) is 16.8 Å². The second-order valence-electron chi connectivity index (χ2n) is 5.40. The van der Waals surface area contributed by atoms with Crippen molar-refractivity contribution in [1.82, 2.24) is 0 Å². The summed E-state index contributed by atoms with van der Waals surface area (Å²) in [6, 6.07) is 7.02. The third-order valence-electron chi connectivity index (χ3n) is 3.31. The van der Waals surface area contributed by atoms with E-state index < -0.39 is 0 Å². The molecule has 0 bridgehead atoms. The topological polar surface area (TPSA) is 29.3 Å². The van der Waals surface area contributed by atoms with Gasteiger partial charge in [-0.25, -0.2) is 0 Å². The molecule has 2 N–H and O–H groups in total. The smallest absolute Gasteiger partial charge is 0.0399 e. The zero-order valence-electron chi connectivity index (χ0n) is 11.9. The molecule has 102 valence electrons. The maximum Gasteiger partial charge on any atom is 0.0399 e. The van der Waals surface area contributed by atoms with E-state index in [2.05, 4.69) is 66.8 Å². The summed E-state index contributed by atoms with van der Waals surface area (Å²) < 4.78 is 1.12. The van der Waals surface area contributed by atoms with E-state index in [1.807, 2.05) is 0 Å². The van der Waals surface area contributed by atoms with Crippen molar-refractivity contribution in [3.8, 4) is 0 Å². The van der Waals surface area contributed by atoms with Gasteiger partial charge in [0.25, 0.3) is 0 Å². The minimum absolute atomic E-state index is 0.544. The van der Waals surface area contributed by atoms with Gasteiger partial charge in [-0.15, -0.1) is 0 Å². The standard InChI is InChI=1S/C15H25BrN2/c1-11(2)9-12(3)18(4)15-6-5-14(16)10-13(15)7-8-17/h5-6,10-12H,7-9,17H2,1-4H3. The zero-order valence-corrected chi connectivity index (χ0v) is 13.5. The highest BCUT2D eigenvalue weighted by atomic mass is 79.9. The molecule has 2 nitrogen and oxygen atoms in total. The van der Waals surface area contributed by atoms with E-state index in [1.165, 1.54) is 17.7 Å². The summed E-state index contributed by atoms with van der Waals surface area (Å²) in [6.07, 6.45) is 2.13. The van der Waals surface area contributed by atoms with E-state index in [0.29, 0.717) is 12.6 Å². The summed E-state index contributed by atoms with van der Waals surface area (Å²) in [5.41, 5.74) is 8.33. The summed E-state index contributed by atoms with van der Waals surface area (Å²) in [7, 11) is 2.18. The molecule has 1 unspecified atom stereocenters. The summed E-state index contributed by atoms with van der Waals surface area (Å²) in [5, 5.41) is 0. The molecule has 0 saturated heterocycles. The van der Waals surface area contributed by atoms with Gasteiger partial charge in [0.05, 0.1) is 0 Å². The zero-order chi connectivity index (χ0) is 13.7. The fourth-order valence-corrected chi connectivity index (χ4v) is 2.74. The Balaban J connectivity index is 2.93. The van der Waals surface area contributed by atoms with Crippen LogP contribution in [0.25, 0.3) is 0 Å². The predicted octanol–water partition coefficient (Wildman–Crippen LogP) is 3.82. The fourth-order valence-electron chi connectivity index (χ4n) is 2.33. The molecule has 0 aliphatic rings. The van der Waals surface area contributed by atoms with E-state index in [4.69, 9.17) is 5.73 Å². The number of hydrogen-bond donors (Lipinski definition) is 1. The minimum atomic E-state index is 0.544. The Hall–Kier alpha value is -0.540. The molecule has 1 aromatic rings. The first-order valence-corrected chi connectivity index (χ1v) is 7.46. The second kappa shape index (κ2) is 7.15. The van der Waals surface area contributed by atoms with Crippen LogP contribution >= 0.6 is 15.9 Å². The van der Waals surface area contributed by atoms with E-state index in [-0.39, 0.29) is 0 Å². The average Bonchev–Trinajstić information content (AvgIpc) is 2.28. The van der Waals surface area contributed by atoms with Gasteiger partial charge in [-0.1, -0.05) is 29.8 Å². The highest BCUT2D eigenvalue weighted by molar-refractivity contribution is 9.10. The number of hydrogen-bond acceptors (Lipinski definition) is 2. The van der Waals surface area contributed by atoms with Crippen LogP contribution in [0.2, 0.25) is 0 Å². The van der Waals surface area contributed by atoms with Crippen molar-refractivity contribution in [2.45, 2.75) is 39.7 Å². The molecule has 0 heterocycles. The van der Waals surface area contributed by atoms with Gasteiger partial charge in [-0.3, -0.25) is 0 Å². The summed E-state index contributed by atoms with van der Waals surface area (Å²) in [4.78, 5) is 2.37. The SMILES string of the molecule is CC(C)CC(C)N(C)c1ccc(Br)cc1CCN. The van der Waals surface area contributed by atoms with Gasteiger partial charge in [0.1, 0.15) is 0 Å². The molecule has 18 heavy (non-hydrogen) atoms. The van der Waals surface area contributed by atoms with Crippen LogP contribution in [0, 0.1) is 5.92 Å². The largest absolute Gasteiger partial charge is 0.372 e. The highest BCUT2D eigenvalue weighted by Gasteiger charge is 2.14. The van der Waals surface area contributed by atoms with Crippen molar-refractivity contribution in [2.24, 2.45) is 11.7 Å². The van der Waals surface area contributed by atoms with Crippen molar-refractivity contribution in [3.63, 3.8) is 0 Å². The maximum atomic E-state index is 5.70. The molecule has 0 radical (unpaired) electrons. The van der Waals surface area contributed by atoms with E-state index in [9.17, 15) is 0 Å². The molecule has 1 rings (SSSR count). The third kappa shape index (κ3) is 4.29.